The van der Waals surface area contributed by atoms with Gasteiger partial charge < -0.3 is 30.2 Å². The number of pyridine rings is 1. The Morgan fingerprint density at radius 2 is 1.80 bits per heavy atom. The summed E-state index contributed by atoms with van der Waals surface area (Å²) in [6, 6.07) is 7.92. The summed E-state index contributed by atoms with van der Waals surface area (Å²) in [5.74, 6) is 5.68. The molecule has 340 valence electrons. The number of methoxy groups -OCH3 is 1. The van der Waals surface area contributed by atoms with E-state index in [1.165, 1.54) is 11.7 Å². The number of halogens is 1. The Balaban J connectivity index is 0.809. The highest BCUT2D eigenvalue weighted by Gasteiger charge is 2.42. The Bertz CT molecular complexity index is 2550. The minimum Gasteiger partial charge on any atom is -0.496 e. The molecule has 3 aliphatic heterocycles. The number of imidazole rings is 1. The first-order valence-electron chi connectivity index (χ1n) is 22.7. The van der Waals surface area contributed by atoms with Crippen molar-refractivity contribution in [2.24, 2.45) is 30.5 Å². The summed E-state index contributed by atoms with van der Waals surface area (Å²) in [6.45, 7) is 5.57. The van der Waals surface area contributed by atoms with Gasteiger partial charge in [-0.3, -0.25) is 33.6 Å². The smallest absolute Gasteiger partial charge is 0.329 e. The summed E-state index contributed by atoms with van der Waals surface area (Å²) >= 11 is 0. The zero-order valence-corrected chi connectivity index (χ0v) is 36.8. The number of fused-ring (bicyclic) bond motifs is 2. The first-order valence-corrected chi connectivity index (χ1v) is 22.7. The number of piperidine rings is 2. The number of rotatable bonds is 14. The topological polar surface area (TPSA) is 189 Å². The molecule has 2 aromatic carbocycles. The van der Waals surface area contributed by atoms with Crippen LogP contribution < -0.4 is 31.5 Å². The van der Waals surface area contributed by atoms with Crippen molar-refractivity contribution in [2.45, 2.75) is 102 Å². The maximum absolute atomic E-state index is 14.5. The summed E-state index contributed by atoms with van der Waals surface area (Å²) in [5, 5.41) is 6.28. The summed E-state index contributed by atoms with van der Waals surface area (Å²) in [4.78, 5) is 69.2. The zero-order chi connectivity index (χ0) is 45.1. The molecule has 1 saturated carbocycles. The number of aromatic nitrogens is 3. The molecule has 3 saturated heterocycles. The normalized spacial score (nSPS) is 24.3. The second-order valence-electron chi connectivity index (χ2n) is 17.8. The number of aryl methyl sites for hydroxylation is 2. The third-order valence-electron chi connectivity index (χ3n) is 13.7. The number of hydrogen-bond donors (Lipinski definition) is 3. The average molecular weight is 880 g/mol. The predicted octanol–water partition coefficient (Wildman–Crippen LogP) is 4.49. The average Bonchev–Trinajstić information content (AvgIpc) is 3.72. The number of imide groups is 1. The van der Waals surface area contributed by atoms with Crippen LogP contribution in [0.4, 0.5) is 4.39 Å². The maximum Gasteiger partial charge on any atom is 0.329 e. The van der Waals surface area contributed by atoms with E-state index >= 15 is 0 Å². The van der Waals surface area contributed by atoms with Gasteiger partial charge in [0.2, 0.25) is 17.7 Å². The molecule has 15 nitrogen and oxygen atoms in total. The lowest BCUT2D eigenvalue weighted by Gasteiger charge is -2.36. The third kappa shape index (κ3) is 9.37. The molecule has 4 fully saturated rings. The second kappa shape index (κ2) is 19.5. The van der Waals surface area contributed by atoms with Crippen molar-refractivity contribution in [3.8, 4) is 23.5 Å². The van der Waals surface area contributed by atoms with E-state index in [0.717, 1.165) is 82.1 Å². The highest BCUT2D eigenvalue weighted by Crippen LogP contribution is 2.35. The number of nitrogens with one attached hydrogen (secondary N) is 2. The molecule has 1 unspecified atom stereocenters. The molecular formula is C48H58FN7O8. The Hall–Kier alpha value is -5.79. The first-order chi connectivity index (χ1) is 30.9. The standard InChI is InChI=1S/C48H58FN7O8/c1-4-33-37(52-46(60)42(33)49)27-64-47-35-24-40(62-3)36(44(50)58)23-34(35)31(25-51-47)15-14-28-10-12-29(13-11-28)26-55-20-18-32(19-21-55)63-22-6-8-30-7-5-9-38-43(30)54(2)48(61)56(38)39-16-17-41(57)53-45(39)59/h5,7,9,23-25,28-29,32-33,37,39,42H,4,6,8,10-13,16-22,26-27H2,1-3H3,(H2,50,58)(H,52,60)(H,53,57,59)/t28?,29?,33-,37+,39?,42-/m0/s1. The fraction of sp³-hybridized carbons (Fsp3) is 0.542. The number of likely N-dealkylation sites (tertiary alicyclic amines) is 1. The van der Waals surface area contributed by atoms with Crippen molar-refractivity contribution in [3.63, 3.8) is 0 Å². The molecule has 0 bridgehead atoms. The molecule has 0 radical (unpaired) electrons. The van der Waals surface area contributed by atoms with Crippen LogP contribution in [0.3, 0.4) is 0 Å². The molecule has 1 aliphatic carbocycles. The van der Waals surface area contributed by atoms with E-state index in [-0.39, 0.29) is 53.8 Å². The summed E-state index contributed by atoms with van der Waals surface area (Å²) in [7, 11) is 3.19. The van der Waals surface area contributed by atoms with Gasteiger partial charge in [0.25, 0.3) is 11.8 Å². The number of alkyl halides is 1. The molecule has 8 rings (SSSR count). The van der Waals surface area contributed by atoms with Crippen LogP contribution in [-0.4, -0.2) is 101 Å². The lowest BCUT2D eigenvalue weighted by Crippen LogP contribution is -2.44. The van der Waals surface area contributed by atoms with Crippen LogP contribution in [-0.2, 0) is 32.6 Å². The van der Waals surface area contributed by atoms with Gasteiger partial charge in [0.05, 0.1) is 41.4 Å². The van der Waals surface area contributed by atoms with E-state index in [1.54, 1.807) is 29.9 Å². The molecule has 4 aliphatic rings. The lowest BCUT2D eigenvalue weighted by atomic mass is 9.81. The van der Waals surface area contributed by atoms with Crippen LogP contribution in [0.25, 0.3) is 21.8 Å². The van der Waals surface area contributed by atoms with Gasteiger partial charge >= 0.3 is 5.69 Å². The molecule has 64 heavy (non-hydrogen) atoms. The number of hydrogen-bond acceptors (Lipinski definition) is 10. The number of carbonyl (C=O) groups excluding carboxylic acids is 4. The van der Waals surface area contributed by atoms with Gasteiger partial charge in [0, 0.05) is 68.5 Å². The van der Waals surface area contributed by atoms with Crippen LogP contribution in [0.5, 0.6) is 11.6 Å². The minimum absolute atomic E-state index is 0.0332. The summed E-state index contributed by atoms with van der Waals surface area (Å²) in [5.41, 5.74) is 8.86. The van der Waals surface area contributed by atoms with Crippen LogP contribution in [0.2, 0.25) is 0 Å². The molecular weight excluding hydrogens is 822 g/mol. The first kappa shape index (κ1) is 44.8. The van der Waals surface area contributed by atoms with Crippen molar-refractivity contribution < 1.29 is 37.8 Å². The number of ether oxygens (including phenoxy) is 3. The van der Waals surface area contributed by atoms with Crippen molar-refractivity contribution in [3.05, 3.63) is 63.7 Å². The van der Waals surface area contributed by atoms with Crippen LogP contribution in [0.1, 0.15) is 98.7 Å². The number of nitrogens with zero attached hydrogens (tertiary/aromatic N) is 4. The van der Waals surface area contributed by atoms with E-state index in [1.807, 2.05) is 25.1 Å². The lowest BCUT2D eigenvalue weighted by molar-refractivity contribution is -0.135. The predicted molar refractivity (Wildman–Crippen MR) is 238 cm³/mol. The van der Waals surface area contributed by atoms with Gasteiger partial charge in [0.15, 0.2) is 6.17 Å². The summed E-state index contributed by atoms with van der Waals surface area (Å²) < 4.78 is 35.5. The quantitative estimate of drug-likeness (QED) is 0.0926. The molecule has 2 aromatic heterocycles. The van der Waals surface area contributed by atoms with Crippen LogP contribution in [0, 0.1) is 29.6 Å². The van der Waals surface area contributed by atoms with Crippen molar-refractivity contribution in [1.29, 1.82) is 0 Å². The van der Waals surface area contributed by atoms with E-state index in [2.05, 4.69) is 32.4 Å². The Kier molecular flexibility index (Phi) is 13.7. The molecule has 0 spiro atoms. The summed E-state index contributed by atoms with van der Waals surface area (Å²) in [6.07, 6.45) is 8.96. The van der Waals surface area contributed by atoms with Gasteiger partial charge in [-0.25, -0.2) is 14.2 Å². The Morgan fingerprint density at radius 1 is 1.02 bits per heavy atom. The number of amides is 4. The molecule has 4 N–H and O–H groups in total. The van der Waals surface area contributed by atoms with Crippen LogP contribution >= 0.6 is 0 Å². The number of benzene rings is 2. The highest BCUT2D eigenvalue weighted by atomic mass is 19.1. The van der Waals surface area contributed by atoms with E-state index in [0.29, 0.717) is 47.2 Å². The molecule has 4 aromatic rings. The number of para-hydroxylation sites is 1. The fourth-order valence-electron chi connectivity index (χ4n) is 10.2. The number of carbonyl (C=O) groups is 4. The monoisotopic (exact) mass is 879 g/mol. The Morgan fingerprint density at radius 3 is 2.52 bits per heavy atom. The molecule has 5 heterocycles. The van der Waals surface area contributed by atoms with E-state index in [9.17, 15) is 28.4 Å². The van der Waals surface area contributed by atoms with E-state index < -0.39 is 41.9 Å². The van der Waals surface area contributed by atoms with Crippen molar-refractivity contribution in [1.82, 2.24) is 29.7 Å². The van der Waals surface area contributed by atoms with Gasteiger partial charge in [-0.1, -0.05) is 30.9 Å². The number of nitrogens with two attached hydrogens (primary N) is 1. The fourth-order valence-corrected chi connectivity index (χ4v) is 10.2. The highest BCUT2D eigenvalue weighted by molar-refractivity contribution is 6.03. The van der Waals surface area contributed by atoms with Gasteiger partial charge in [0.1, 0.15) is 18.4 Å². The Labute approximate surface area is 371 Å². The van der Waals surface area contributed by atoms with Crippen LogP contribution in [0.15, 0.2) is 41.3 Å². The zero-order valence-electron chi connectivity index (χ0n) is 36.8. The molecule has 4 amide bonds. The minimum atomic E-state index is -1.58. The van der Waals surface area contributed by atoms with E-state index in [4.69, 9.17) is 19.9 Å². The van der Waals surface area contributed by atoms with Gasteiger partial charge in [-0.15, -0.1) is 0 Å². The van der Waals surface area contributed by atoms with Crippen molar-refractivity contribution >= 4 is 45.4 Å². The molecule has 4 atom stereocenters. The van der Waals surface area contributed by atoms with Gasteiger partial charge in [-0.05, 0) is 93.9 Å². The maximum atomic E-state index is 14.5. The number of primary amides is 1. The largest absolute Gasteiger partial charge is 0.496 e. The molecule has 16 heteroatoms. The SMILES string of the molecule is CC[C@@H]1[C@H](F)C(=O)N[C@@H]1COc1ncc(C#CC2CCC(CN3CCC(OCCCc4cccc5c4n(C)c(=O)n5C4CCC(=O)NC4=O)CC3)CC2)c2cc(C(N)=O)c(OC)cc12. The second-order valence-corrected chi connectivity index (χ2v) is 17.8. The third-order valence-corrected chi connectivity index (χ3v) is 13.7. The van der Waals surface area contributed by atoms with Crippen molar-refractivity contribution in [2.75, 3.05) is 40.0 Å². The van der Waals surface area contributed by atoms with Gasteiger partial charge in [-0.2, -0.15) is 0 Å².